The average molecular weight is 420 g/mol. The maximum Gasteiger partial charge on any atom is 0.227 e. The maximum absolute atomic E-state index is 5.72. The standard InChI is InChI=1S/C25H33N5O/c1-31-23-18-21-22(17-19(23)9-8-14-29-12-4-5-13-29)27-25(30-15-6-7-16-30)28-24(21)26-20-10-2-3-11-20/h17-18,20H,2-7,10-16H2,1H3,(H,26,27,28). The predicted molar refractivity (Wildman–Crippen MR) is 126 cm³/mol. The average Bonchev–Trinajstić information content (AvgIpc) is 3.56. The van der Waals surface area contributed by atoms with Crippen molar-refractivity contribution in [3.63, 3.8) is 0 Å². The summed E-state index contributed by atoms with van der Waals surface area (Å²) in [5, 5.41) is 4.75. The second-order valence-electron chi connectivity index (χ2n) is 9.05. The number of methoxy groups -OCH3 is 1. The topological polar surface area (TPSA) is 53.5 Å². The van der Waals surface area contributed by atoms with Crippen LogP contribution in [0.2, 0.25) is 0 Å². The van der Waals surface area contributed by atoms with Crippen LogP contribution in [0.3, 0.4) is 0 Å². The van der Waals surface area contributed by atoms with Crippen LogP contribution in [0.15, 0.2) is 12.1 Å². The number of hydrogen-bond acceptors (Lipinski definition) is 6. The Balaban J connectivity index is 1.52. The molecule has 164 valence electrons. The third-order valence-electron chi connectivity index (χ3n) is 6.81. The molecule has 0 bridgehead atoms. The van der Waals surface area contributed by atoms with Crippen molar-refractivity contribution < 1.29 is 4.74 Å². The lowest BCUT2D eigenvalue weighted by Gasteiger charge is -2.20. The molecule has 2 aromatic rings. The first-order valence-electron chi connectivity index (χ1n) is 11.9. The molecule has 1 N–H and O–H groups in total. The molecule has 1 aromatic heterocycles. The van der Waals surface area contributed by atoms with Crippen molar-refractivity contribution in [1.29, 1.82) is 0 Å². The first kappa shape index (κ1) is 20.4. The van der Waals surface area contributed by atoms with E-state index in [9.17, 15) is 0 Å². The second-order valence-corrected chi connectivity index (χ2v) is 9.05. The van der Waals surface area contributed by atoms with Gasteiger partial charge in [0.15, 0.2) is 0 Å². The number of benzene rings is 1. The van der Waals surface area contributed by atoms with Gasteiger partial charge in [-0.05, 0) is 63.7 Å². The molecule has 0 radical (unpaired) electrons. The lowest BCUT2D eigenvalue weighted by Crippen LogP contribution is -2.22. The van der Waals surface area contributed by atoms with Gasteiger partial charge in [-0.25, -0.2) is 4.98 Å². The highest BCUT2D eigenvalue weighted by Gasteiger charge is 2.21. The Bertz CT molecular complexity index is 977. The molecule has 0 unspecified atom stereocenters. The quantitative estimate of drug-likeness (QED) is 0.738. The molecule has 1 aromatic carbocycles. The Kier molecular flexibility index (Phi) is 6.13. The van der Waals surface area contributed by atoms with E-state index in [1.165, 1.54) is 51.4 Å². The molecule has 0 spiro atoms. The molecule has 6 nitrogen and oxygen atoms in total. The van der Waals surface area contributed by atoms with Crippen LogP contribution in [0.4, 0.5) is 11.8 Å². The largest absolute Gasteiger partial charge is 0.495 e. The van der Waals surface area contributed by atoms with Gasteiger partial charge in [0.05, 0.1) is 24.7 Å². The van der Waals surface area contributed by atoms with Gasteiger partial charge in [-0.3, -0.25) is 4.90 Å². The minimum Gasteiger partial charge on any atom is -0.495 e. The zero-order chi connectivity index (χ0) is 21.0. The van der Waals surface area contributed by atoms with Crippen molar-refractivity contribution >= 4 is 22.7 Å². The van der Waals surface area contributed by atoms with Crippen LogP contribution < -0.4 is 15.0 Å². The molecule has 31 heavy (non-hydrogen) atoms. The Morgan fingerprint density at radius 1 is 1.00 bits per heavy atom. The Labute approximate surface area is 185 Å². The number of rotatable bonds is 5. The zero-order valence-electron chi connectivity index (χ0n) is 18.6. The summed E-state index contributed by atoms with van der Waals surface area (Å²) in [6, 6.07) is 4.65. The van der Waals surface area contributed by atoms with Crippen LogP contribution in [0.1, 0.15) is 56.9 Å². The minimum absolute atomic E-state index is 0.496. The van der Waals surface area contributed by atoms with Gasteiger partial charge in [-0.15, -0.1) is 0 Å². The smallest absolute Gasteiger partial charge is 0.227 e. The monoisotopic (exact) mass is 419 g/mol. The van der Waals surface area contributed by atoms with E-state index in [0.29, 0.717) is 6.04 Å². The van der Waals surface area contributed by atoms with Gasteiger partial charge in [-0.2, -0.15) is 4.98 Å². The van der Waals surface area contributed by atoms with Crippen LogP contribution in [-0.4, -0.2) is 60.7 Å². The van der Waals surface area contributed by atoms with Gasteiger partial charge in [0.1, 0.15) is 11.6 Å². The molecule has 3 fully saturated rings. The highest BCUT2D eigenvalue weighted by molar-refractivity contribution is 5.93. The van der Waals surface area contributed by atoms with Crippen molar-refractivity contribution in [3.05, 3.63) is 17.7 Å². The van der Waals surface area contributed by atoms with E-state index in [1.807, 2.05) is 0 Å². The summed E-state index contributed by atoms with van der Waals surface area (Å²) in [4.78, 5) is 14.6. The zero-order valence-corrected chi connectivity index (χ0v) is 18.6. The Hall–Kier alpha value is -2.52. The number of likely N-dealkylation sites (tertiary alicyclic amines) is 1. The Morgan fingerprint density at radius 2 is 1.74 bits per heavy atom. The van der Waals surface area contributed by atoms with Crippen molar-refractivity contribution in [1.82, 2.24) is 14.9 Å². The number of aromatic nitrogens is 2. The fourth-order valence-electron chi connectivity index (χ4n) is 5.03. The van der Waals surface area contributed by atoms with Gasteiger partial charge >= 0.3 is 0 Å². The normalized spacial score (nSPS) is 19.7. The van der Waals surface area contributed by atoms with E-state index in [4.69, 9.17) is 14.7 Å². The lowest BCUT2D eigenvalue weighted by molar-refractivity contribution is 0.383. The van der Waals surface area contributed by atoms with Gasteiger partial charge in [0.25, 0.3) is 0 Å². The van der Waals surface area contributed by atoms with Gasteiger partial charge in [0.2, 0.25) is 5.95 Å². The summed E-state index contributed by atoms with van der Waals surface area (Å²) in [5.74, 6) is 9.28. The maximum atomic E-state index is 5.72. The van der Waals surface area contributed by atoms with Gasteiger partial charge < -0.3 is 15.0 Å². The molecule has 1 aliphatic carbocycles. The number of nitrogens with one attached hydrogen (secondary N) is 1. The van der Waals surface area contributed by atoms with Crippen LogP contribution >= 0.6 is 0 Å². The van der Waals surface area contributed by atoms with Crippen LogP contribution in [-0.2, 0) is 0 Å². The molecule has 2 saturated heterocycles. The third-order valence-corrected chi connectivity index (χ3v) is 6.81. The molecular formula is C25H33N5O. The molecule has 0 amide bonds. The fourth-order valence-corrected chi connectivity index (χ4v) is 5.03. The highest BCUT2D eigenvalue weighted by Crippen LogP contribution is 2.33. The van der Waals surface area contributed by atoms with E-state index >= 15 is 0 Å². The molecule has 5 rings (SSSR count). The van der Waals surface area contributed by atoms with Gasteiger partial charge in [0, 0.05) is 24.5 Å². The van der Waals surface area contributed by atoms with Crippen molar-refractivity contribution in [2.45, 2.75) is 57.4 Å². The highest BCUT2D eigenvalue weighted by atomic mass is 16.5. The summed E-state index contributed by atoms with van der Waals surface area (Å²) < 4.78 is 5.72. The molecular weight excluding hydrogens is 386 g/mol. The molecule has 0 atom stereocenters. The summed E-state index contributed by atoms with van der Waals surface area (Å²) in [6.45, 7) is 5.21. The molecule has 1 saturated carbocycles. The fraction of sp³-hybridized carbons (Fsp3) is 0.600. The van der Waals surface area contributed by atoms with Gasteiger partial charge in [-0.1, -0.05) is 24.7 Å². The summed E-state index contributed by atoms with van der Waals surface area (Å²) >= 11 is 0. The summed E-state index contributed by atoms with van der Waals surface area (Å²) in [7, 11) is 1.72. The molecule has 2 aliphatic heterocycles. The van der Waals surface area contributed by atoms with E-state index in [1.54, 1.807) is 7.11 Å². The number of hydrogen-bond donors (Lipinski definition) is 1. The molecule has 3 aliphatic rings. The second kappa shape index (κ2) is 9.32. The Morgan fingerprint density at radius 3 is 2.48 bits per heavy atom. The number of ether oxygens (including phenoxy) is 1. The van der Waals surface area contributed by atoms with Crippen molar-refractivity contribution in [2.75, 3.05) is 50.1 Å². The van der Waals surface area contributed by atoms with E-state index in [2.05, 4.69) is 39.1 Å². The van der Waals surface area contributed by atoms with E-state index in [0.717, 1.165) is 66.7 Å². The van der Waals surface area contributed by atoms with Crippen LogP contribution in [0.5, 0.6) is 5.75 Å². The summed E-state index contributed by atoms with van der Waals surface area (Å²) in [5.41, 5.74) is 1.86. The van der Waals surface area contributed by atoms with E-state index in [-0.39, 0.29) is 0 Å². The van der Waals surface area contributed by atoms with Crippen molar-refractivity contribution in [3.8, 4) is 17.6 Å². The lowest BCUT2D eigenvalue weighted by atomic mass is 10.1. The van der Waals surface area contributed by atoms with Crippen LogP contribution in [0.25, 0.3) is 10.9 Å². The SMILES string of the molecule is COc1cc2c(NC3CCCC3)nc(N3CCCC3)nc2cc1C#CCN1CCCC1. The first-order valence-corrected chi connectivity index (χ1v) is 11.9. The minimum atomic E-state index is 0.496. The first-order chi connectivity index (χ1) is 15.3. The molecule has 3 heterocycles. The predicted octanol–water partition coefficient (Wildman–Crippen LogP) is 4.04. The van der Waals surface area contributed by atoms with Crippen molar-refractivity contribution in [2.24, 2.45) is 0 Å². The number of nitrogens with zero attached hydrogens (tertiary/aromatic N) is 4. The molecule has 6 heteroatoms. The summed E-state index contributed by atoms with van der Waals surface area (Å²) in [6.07, 6.45) is 10.00. The van der Waals surface area contributed by atoms with Crippen LogP contribution in [0, 0.1) is 11.8 Å². The third kappa shape index (κ3) is 4.57. The number of anilines is 2. The number of fused-ring (bicyclic) bond motifs is 1. The van der Waals surface area contributed by atoms with E-state index < -0.39 is 0 Å².